The predicted octanol–water partition coefficient (Wildman–Crippen LogP) is 4.60. The molecule has 0 amide bonds. The third-order valence-corrected chi connectivity index (χ3v) is 6.80. The first-order valence-electron chi connectivity index (χ1n) is 10.2. The zero-order valence-corrected chi connectivity index (χ0v) is 19.3. The Kier molecular flexibility index (Phi) is 6.42. The van der Waals surface area contributed by atoms with Gasteiger partial charge < -0.3 is 0 Å². The van der Waals surface area contributed by atoms with Crippen LogP contribution in [0.3, 0.4) is 0 Å². The highest BCUT2D eigenvalue weighted by atomic mass is 32.2. The lowest BCUT2D eigenvalue weighted by molar-refractivity contribution is -0.147. The summed E-state index contributed by atoms with van der Waals surface area (Å²) in [6.07, 6.45) is -6.09. The van der Waals surface area contributed by atoms with E-state index < -0.39 is 38.9 Å². The summed E-state index contributed by atoms with van der Waals surface area (Å²) in [5.41, 5.74) is -1.25. The molecule has 0 saturated carbocycles. The van der Waals surface area contributed by atoms with Crippen LogP contribution in [0.4, 0.5) is 26.3 Å². The summed E-state index contributed by atoms with van der Waals surface area (Å²) < 4.78 is 106. The van der Waals surface area contributed by atoms with Crippen molar-refractivity contribution in [2.75, 3.05) is 0 Å². The fourth-order valence-electron chi connectivity index (χ4n) is 3.48. The molecule has 0 fully saturated rings. The van der Waals surface area contributed by atoms with Crippen molar-refractivity contribution in [2.45, 2.75) is 30.2 Å². The molecule has 0 aliphatic heterocycles. The number of nitrogens with one attached hydrogen (secondary N) is 1. The zero-order valence-electron chi connectivity index (χ0n) is 18.5. The van der Waals surface area contributed by atoms with Crippen molar-refractivity contribution < 1.29 is 34.8 Å². The number of nitriles is 1. The molecule has 0 spiro atoms. The Labute approximate surface area is 205 Å². The zero-order chi connectivity index (χ0) is 27.2. The van der Waals surface area contributed by atoms with Gasteiger partial charge in [0, 0.05) is 24.0 Å². The molecule has 192 valence electrons. The Morgan fingerprint density at radius 2 is 1.70 bits per heavy atom. The Morgan fingerprint density at radius 3 is 2.24 bits per heavy atom. The van der Waals surface area contributed by atoms with Gasteiger partial charge in [0.25, 0.3) is 0 Å². The Hall–Kier alpha value is -4.03. The van der Waals surface area contributed by atoms with Gasteiger partial charge in [-0.2, -0.15) is 36.3 Å². The number of alkyl halides is 6. The van der Waals surface area contributed by atoms with Gasteiger partial charge in [0.05, 0.1) is 28.0 Å². The van der Waals surface area contributed by atoms with E-state index in [4.69, 9.17) is 0 Å². The average molecular weight is 540 g/mol. The van der Waals surface area contributed by atoms with Crippen molar-refractivity contribution in [3.63, 3.8) is 0 Å². The summed E-state index contributed by atoms with van der Waals surface area (Å²) in [5.74, 6) is -0.0949. The molecule has 1 N–H and O–H groups in total. The van der Waals surface area contributed by atoms with E-state index in [0.29, 0.717) is 6.92 Å². The quantitative estimate of drug-likeness (QED) is 0.370. The number of benzene rings is 1. The molecule has 3 heterocycles. The third kappa shape index (κ3) is 4.98. The highest BCUT2D eigenvalue weighted by molar-refractivity contribution is 7.89. The van der Waals surface area contributed by atoms with Crippen LogP contribution >= 0.6 is 0 Å². The molecule has 8 nitrogen and oxygen atoms in total. The molecular formula is C22H14F6N6O2S. The molecule has 4 aromatic rings. The largest absolute Gasteiger partial charge is 0.416 e. The highest BCUT2D eigenvalue weighted by Gasteiger charge is 2.39. The Morgan fingerprint density at radius 1 is 1.03 bits per heavy atom. The van der Waals surface area contributed by atoms with Gasteiger partial charge in [-0.05, 0) is 37.3 Å². The molecule has 0 bridgehead atoms. The Balaban J connectivity index is 1.91. The summed E-state index contributed by atoms with van der Waals surface area (Å²) in [5, 5.41) is 9.98. The molecule has 3 aromatic heterocycles. The molecule has 1 aromatic carbocycles. The van der Waals surface area contributed by atoms with Crippen molar-refractivity contribution in [1.29, 1.82) is 5.26 Å². The lowest BCUT2D eigenvalue weighted by atomic mass is 10.1. The van der Waals surface area contributed by atoms with E-state index in [1.165, 1.54) is 27.7 Å². The number of hydrogen-bond donors (Lipinski definition) is 1. The normalized spacial score (nSPS) is 13.5. The van der Waals surface area contributed by atoms with Crippen LogP contribution < -0.4 is 4.72 Å². The smallest absolute Gasteiger partial charge is 0.275 e. The van der Waals surface area contributed by atoms with Gasteiger partial charge in [0.1, 0.15) is 17.0 Å². The van der Waals surface area contributed by atoms with Crippen molar-refractivity contribution >= 4 is 20.9 Å². The molecule has 15 heteroatoms. The standard InChI is InChI=1S/C22H14F6N6O2S/c1-12(21(23,24)25)33-37(35,36)14-4-6-17(32-11-14)19-16(10-29)15-5-3-13(22(26,27)28)9-18(15)34(19)20-30-7-2-8-31-20/h2-9,11-12,33H,1H3. The number of sulfonamides is 1. The molecule has 0 aliphatic rings. The number of hydrogen-bond acceptors (Lipinski definition) is 6. The van der Waals surface area contributed by atoms with E-state index in [2.05, 4.69) is 15.0 Å². The van der Waals surface area contributed by atoms with Crippen LogP contribution in [-0.4, -0.2) is 40.2 Å². The van der Waals surface area contributed by atoms with Crippen LogP contribution in [-0.2, 0) is 16.2 Å². The topological polar surface area (TPSA) is 114 Å². The van der Waals surface area contributed by atoms with Crippen molar-refractivity contribution in [1.82, 2.24) is 24.2 Å². The summed E-state index contributed by atoms with van der Waals surface area (Å²) in [6, 6.07) is 5.83. The third-order valence-electron chi connectivity index (χ3n) is 5.27. The lowest BCUT2D eigenvalue weighted by Crippen LogP contribution is -2.42. The number of pyridine rings is 1. The van der Waals surface area contributed by atoms with Gasteiger partial charge in [-0.3, -0.25) is 9.55 Å². The van der Waals surface area contributed by atoms with Crippen LogP contribution in [0, 0.1) is 11.3 Å². The van der Waals surface area contributed by atoms with E-state index in [-0.39, 0.29) is 33.8 Å². The highest BCUT2D eigenvalue weighted by Crippen LogP contribution is 2.38. The second-order valence-corrected chi connectivity index (χ2v) is 9.43. The average Bonchev–Trinajstić information content (AvgIpc) is 3.17. The second kappa shape index (κ2) is 9.12. The predicted molar refractivity (Wildman–Crippen MR) is 118 cm³/mol. The van der Waals surface area contributed by atoms with E-state index in [0.717, 1.165) is 36.5 Å². The maximum Gasteiger partial charge on any atom is 0.416 e. The van der Waals surface area contributed by atoms with Crippen molar-refractivity contribution in [3.05, 3.63) is 66.1 Å². The minimum atomic E-state index is -4.83. The number of aromatic nitrogens is 4. The summed E-state index contributed by atoms with van der Waals surface area (Å²) in [7, 11) is -4.62. The van der Waals surface area contributed by atoms with Gasteiger partial charge in [0.15, 0.2) is 0 Å². The number of fused-ring (bicyclic) bond motifs is 1. The number of nitrogens with zero attached hydrogens (tertiary/aromatic N) is 5. The molecule has 0 saturated heterocycles. The van der Waals surface area contributed by atoms with Gasteiger partial charge in [-0.15, -0.1) is 0 Å². The summed E-state index contributed by atoms with van der Waals surface area (Å²) in [4.78, 5) is 11.5. The van der Waals surface area contributed by atoms with Gasteiger partial charge >= 0.3 is 12.4 Å². The molecule has 4 rings (SSSR count). The molecule has 37 heavy (non-hydrogen) atoms. The Bertz CT molecular complexity index is 1610. The lowest BCUT2D eigenvalue weighted by Gasteiger charge is -2.17. The first kappa shape index (κ1) is 26.0. The molecular weight excluding hydrogens is 526 g/mol. The number of rotatable bonds is 5. The number of halogens is 6. The van der Waals surface area contributed by atoms with Gasteiger partial charge in [-0.25, -0.2) is 18.4 Å². The van der Waals surface area contributed by atoms with E-state index in [1.807, 2.05) is 6.07 Å². The minimum Gasteiger partial charge on any atom is -0.275 e. The van der Waals surface area contributed by atoms with Crippen molar-refractivity contribution in [2.24, 2.45) is 0 Å². The van der Waals surface area contributed by atoms with Gasteiger partial charge in [0.2, 0.25) is 16.0 Å². The first-order valence-corrected chi connectivity index (χ1v) is 11.7. The molecule has 1 atom stereocenters. The molecule has 0 aliphatic carbocycles. The van der Waals surface area contributed by atoms with Crippen LogP contribution in [0.5, 0.6) is 0 Å². The van der Waals surface area contributed by atoms with E-state index in [1.54, 1.807) is 0 Å². The fourth-order valence-corrected chi connectivity index (χ4v) is 4.66. The summed E-state index contributed by atoms with van der Waals surface area (Å²) >= 11 is 0. The second-order valence-electron chi connectivity index (χ2n) is 7.71. The maximum atomic E-state index is 13.4. The van der Waals surface area contributed by atoms with Crippen LogP contribution in [0.15, 0.2) is 59.9 Å². The minimum absolute atomic E-state index is 0.0383. The molecule has 1 unspecified atom stereocenters. The van der Waals surface area contributed by atoms with Gasteiger partial charge in [-0.1, -0.05) is 6.07 Å². The maximum absolute atomic E-state index is 13.4. The molecule has 0 radical (unpaired) electrons. The van der Waals surface area contributed by atoms with Crippen LogP contribution in [0.2, 0.25) is 0 Å². The fraction of sp³-hybridized carbons (Fsp3) is 0.182. The monoisotopic (exact) mass is 540 g/mol. The SMILES string of the molecule is CC(NS(=O)(=O)c1ccc(-c2c(C#N)c3ccc(C(F)(F)F)cc3n2-c2ncccn2)nc1)C(F)(F)F. The van der Waals surface area contributed by atoms with E-state index >= 15 is 0 Å². The van der Waals surface area contributed by atoms with Crippen LogP contribution in [0.1, 0.15) is 18.1 Å². The first-order chi connectivity index (χ1) is 17.2. The van der Waals surface area contributed by atoms with Crippen LogP contribution in [0.25, 0.3) is 28.2 Å². The van der Waals surface area contributed by atoms with Crippen molar-refractivity contribution in [3.8, 4) is 23.4 Å². The summed E-state index contributed by atoms with van der Waals surface area (Å²) in [6.45, 7) is 0.631. The van der Waals surface area contributed by atoms with E-state index in [9.17, 15) is 40.0 Å².